The fourth-order valence-electron chi connectivity index (χ4n) is 2.19. The predicted octanol–water partition coefficient (Wildman–Crippen LogP) is 6.12. The molecule has 0 spiro atoms. The molecule has 0 amide bonds. The van der Waals surface area contributed by atoms with E-state index < -0.39 is 0 Å². The van der Waals surface area contributed by atoms with Crippen LogP contribution < -0.4 is 0 Å². The third-order valence-corrected chi connectivity index (χ3v) is 3.41. The van der Waals surface area contributed by atoms with Crippen LogP contribution in [-0.4, -0.2) is 0 Å². The van der Waals surface area contributed by atoms with E-state index in [0.717, 1.165) is 5.92 Å². The van der Waals surface area contributed by atoms with E-state index in [-0.39, 0.29) is 0 Å². The molecule has 0 aromatic heterocycles. The van der Waals surface area contributed by atoms with Crippen LogP contribution in [0.1, 0.15) is 85.0 Å². The monoisotopic (exact) mass is 224 g/mol. The number of allylic oxidation sites excluding steroid dienone is 1. The van der Waals surface area contributed by atoms with Gasteiger partial charge in [0.25, 0.3) is 0 Å². The second kappa shape index (κ2) is 11.2. The first-order chi connectivity index (χ1) is 7.70. The van der Waals surface area contributed by atoms with E-state index in [4.69, 9.17) is 0 Å². The molecule has 96 valence electrons. The average Bonchev–Trinajstić information content (AvgIpc) is 2.26. The van der Waals surface area contributed by atoms with E-state index in [1.54, 1.807) is 0 Å². The number of unbranched alkanes of at least 4 members (excludes halogenated alkanes) is 4. The average molecular weight is 224 g/mol. The molecule has 1 unspecified atom stereocenters. The maximum Gasteiger partial charge on any atom is -0.0320 e. The van der Waals surface area contributed by atoms with Crippen molar-refractivity contribution < 1.29 is 0 Å². The van der Waals surface area contributed by atoms with Crippen LogP contribution in [-0.2, 0) is 0 Å². The van der Waals surface area contributed by atoms with Crippen molar-refractivity contribution in [2.75, 3.05) is 0 Å². The Kier molecular flexibility index (Phi) is 11.0. The van der Waals surface area contributed by atoms with Crippen LogP contribution in [0.4, 0.5) is 0 Å². The maximum atomic E-state index is 4.20. The summed E-state index contributed by atoms with van der Waals surface area (Å²) in [5.74, 6) is 0.891. The van der Waals surface area contributed by atoms with Crippen molar-refractivity contribution in [1.82, 2.24) is 0 Å². The van der Waals surface area contributed by atoms with Crippen LogP contribution in [0.5, 0.6) is 0 Å². The van der Waals surface area contributed by atoms with Gasteiger partial charge in [-0.1, -0.05) is 71.4 Å². The lowest BCUT2D eigenvalue weighted by molar-refractivity contribution is 0.481. The minimum Gasteiger partial charge on any atom is -0.0999 e. The molecule has 16 heavy (non-hydrogen) atoms. The Morgan fingerprint density at radius 1 is 0.875 bits per heavy atom. The smallest absolute Gasteiger partial charge is 0.0320 e. The molecule has 0 bridgehead atoms. The van der Waals surface area contributed by atoms with Gasteiger partial charge in [-0.05, 0) is 31.6 Å². The molecule has 0 nitrogen and oxygen atoms in total. The summed E-state index contributed by atoms with van der Waals surface area (Å²) in [4.78, 5) is 0. The summed E-state index contributed by atoms with van der Waals surface area (Å²) in [6.45, 7) is 11.1. The molecule has 0 aliphatic carbocycles. The Hall–Kier alpha value is -0.260. The van der Waals surface area contributed by atoms with Gasteiger partial charge in [0.2, 0.25) is 0 Å². The third kappa shape index (κ3) is 10.3. The van der Waals surface area contributed by atoms with Gasteiger partial charge in [-0.2, -0.15) is 0 Å². The molecule has 0 heterocycles. The first kappa shape index (κ1) is 15.7. The van der Waals surface area contributed by atoms with E-state index >= 15 is 0 Å². The lowest BCUT2D eigenvalue weighted by atomic mass is 9.95. The van der Waals surface area contributed by atoms with E-state index in [1.165, 1.54) is 69.8 Å². The molecule has 0 heteroatoms. The largest absolute Gasteiger partial charge is 0.0999 e. The van der Waals surface area contributed by atoms with Gasteiger partial charge in [-0.25, -0.2) is 0 Å². The molecule has 0 saturated heterocycles. The second-order valence-corrected chi connectivity index (χ2v) is 5.35. The predicted molar refractivity (Wildman–Crippen MR) is 75.8 cm³/mol. The molecule has 0 radical (unpaired) electrons. The van der Waals surface area contributed by atoms with Gasteiger partial charge in [0.05, 0.1) is 0 Å². The van der Waals surface area contributed by atoms with E-state index in [0.29, 0.717) is 0 Å². The molecule has 0 rings (SSSR count). The number of rotatable bonds is 11. The number of hydrogen-bond acceptors (Lipinski definition) is 0. The summed E-state index contributed by atoms with van der Waals surface area (Å²) in [5.41, 5.74) is 1.49. The summed E-state index contributed by atoms with van der Waals surface area (Å²) in [6, 6.07) is 0. The van der Waals surface area contributed by atoms with Crippen LogP contribution >= 0.6 is 0 Å². The zero-order chi connectivity index (χ0) is 12.2. The van der Waals surface area contributed by atoms with E-state index in [1.807, 2.05) is 0 Å². The Morgan fingerprint density at radius 3 is 2.19 bits per heavy atom. The highest BCUT2D eigenvalue weighted by Crippen LogP contribution is 2.19. The lowest BCUT2D eigenvalue weighted by Crippen LogP contribution is -1.95. The van der Waals surface area contributed by atoms with Crippen LogP contribution in [0.25, 0.3) is 0 Å². The van der Waals surface area contributed by atoms with Crippen molar-refractivity contribution in [3.8, 4) is 0 Å². The highest BCUT2D eigenvalue weighted by Gasteiger charge is 2.02. The molecule has 0 fully saturated rings. The lowest BCUT2D eigenvalue weighted by Gasteiger charge is -2.11. The minimum absolute atomic E-state index is 0.891. The normalized spacial score (nSPS) is 12.7. The van der Waals surface area contributed by atoms with Crippen LogP contribution in [0.2, 0.25) is 0 Å². The fourth-order valence-corrected chi connectivity index (χ4v) is 2.19. The van der Waals surface area contributed by atoms with Gasteiger partial charge in [-0.15, -0.1) is 0 Å². The number of hydrogen-bond donors (Lipinski definition) is 0. The fraction of sp³-hybridized carbons (Fsp3) is 0.875. The zero-order valence-corrected chi connectivity index (χ0v) is 11.9. The molecule has 0 N–H and O–H groups in total. The van der Waals surface area contributed by atoms with Crippen molar-refractivity contribution in [2.24, 2.45) is 5.92 Å². The van der Waals surface area contributed by atoms with Crippen molar-refractivity contribution in [3.05, 3.63) is 12.2 Å². The van der Waals surface area contributed by atoms with E-state index in [9.17, 15) is 0 Å². The van der Waals surface area contributed by atoms with Gasteiger partial charge >= 0.3 is 0 Å². The highest BCUT2D eigenvalue weighted by atomic mass is 14.1. The second-order valence-electron chi connectivity index (χ2n) is 5.35. The first-order valence-corrected chi connectivity index (χ1v) is 7.37. The summed E-state index contributed by atoms with van der Waals surface area (Å²) in [7, 11) is 0. The molecular formula is C16H32. The van der Waals surface area contributed by atoms with Gasteiger partial charge in [0, 0.05) is 0 Å². The third-order valence-electron chi connectivity index (χ3n) is 3.41. The minimum atomic E-state index is 0.891. The topological polar surface area (TPSA) is 0 Å². The Labute approximate surface area is 104 Å². The summed E-state index contributed by atoms with van der Waals surface area (Å²) >= 11 is 0. The van der Waals surface area contributed by atoms with Gasteiger partial charge in [-0.3, -0.25) is 0 Å². The van der Waals surface area contributed by atoms with Gasteiger partial charge in [0.15, 0.2) is 0 Å². The Balaban J connectivity index is 3.30. The van der Waals surface area contributed by atoms with Crippen LogP contribution in [0.15, 0.2) is 12.2 Å². The molecule has 0 aromatic carbocycles. The Morgan fingerprint density at radius 2 is 1.56 bits per heavy atom. The highest BCUT2D eigenvalue weighted by molar-refractivity contribution is 4.93. The quantitative estimate of drug-likeness (QED) is 0.293. The van der Waals surface area contributed by atoms with Gasteiger partial charge in [0.1, 0.15) is 0 Å². The van der Waals surface area contributed by atoms with Crippen molar-refractivity contribution in [1.29, 1.82) is 0 Å². The van der Waals surface area contributed by atoms with E-state index in [2.05, 4.69) is 27.4 Å². The molecule has 0 aliphatic rings. The van der Waals surface area contributed by atoms with Crippen molar-refractivity contribution >= 4 is 0 Å². The first-order valence-electron chi connectivity index (χ1n) is 7.37. The standard InChI is InChI=1S/C16H32/c1-5-7-8-9-10-12-16(4)14-13-15(3)11-6-2/h15H,4-14H2,1-3H3. The SMILES string of the molecule is C=C(CCCCCCC)CCC(C)CCC. The molecule has 1 atom stereocenters. The van der Waals surface area contributed by atoms with Gasteiger partial charge < -0.3 is 0 Å². The van der Waals surface area contributed by atoms with Crippen molar-refractivity contribution in [2.45, 2.75) is 85.0 Å². The van der Waals surface area contributed by atoms with Crippen LogP contribution in [0, 0.1) is 5.92 Å². The molecular weight excluding hydrogens is 192 g/mol. The van der Waals surface area contributed by atoms with Crippen molar-refractivity contribution in [3.63, 3.8) is 0 Å². The summed E-state index contributed by atoms with van der Waals surface area (Å²) < 4.78 is 0. The maximum absolute atomic E-state index is 4.20. The summed E-state index contributed by atoms with van der Waals surface area (Å²) in [5, 5.41) is 0. The molecule has 0 aliphatic heterocycles. The Bertz CT molecular complexity index is 157. The molecule has 0 aromatic rings. The summed E-state index contributed by atoms with van der Waals surface area (Å²) in [6.07, 6.45) is 13.5. The van der Waals surface area contributed by atoms with Crippen LogP contribution in [0.3, 0.4) is 0 Å². The zero-order valence-electron chi connectivity index (χ0n) is 11.9. The molecule has 0 saturated carbocycles.